The van der Waals surface area contributed by atoms with Gasteiger partial charge in [0.05, 0.1) is 11.4 Å². The van der Waals surface area contributed by atoms with Gasteiger partial charge in [0, 0.05) is 17.3 Å². The third-order valence-electron chi connectivity index (χ3n) is 4.12. The molecule has 0 atom stereocenters. The third-order valence-corrected chi connectivity index (χ3v) is 4.12. The number of barbiturate groups is 1. The van der Waals surface area contributed by atoms with Crippen LogP contribution >= 0.6 is 0 Å². The highest BCUT2D eigenvalue weighted by Crippen LogP contribution is 2.26. The molecule has 0 spiro atoms. The lowest BCUT2D eigenvalue weighted by Gasteiger charge is -2.13. The Hall–Kier alpha value is -4.07. The lowest BCUT2D eigenvalue weighted by Crippen LogP contribution is -2.51. The molecule has 7 nitrogen and oxygen atoms in total. The van der Waals surface area contributed by atoms with Gasteiger partial charge in [-0.3, -0.25) is 20.2 Å². The molecule has 2 aromatic carbocycles. The number of hydrogen-bond donors (Lipinski definition) is 2. The van der Waals surface area contributed by atoms with Gasteiger partial charge in [0.25, 0.3) is 11.8 Å². The predicted octanol–water partition coefficient (Wildman–Crippen LogP) is 2.43. The molecule has 4 amide bonds. The first-order valence-corrected chi connectivity index (χ1v) is 8.30. The molecule has 0 aliphatic carbocycles. The largest absolute Gasteiger partial charge is 0.328 e. The molecule has 4 rings (SSSR count). The van der Waals surface area contributed by atoms with E-state index in [-0.39, 0.29) is 5.57 Å². The normalized spacial score (nSPS) is 13.9. The van der Waals surface area contributed by atoms with Gasteiger partial charge >= 0.3 is 6.03 Å². The van der Waals surface area contributed by atoms with Crippen LogP contribution in [-0.2, 0) is 9.59 Å². The number of para-hydroxylation sites is 1. The minimum absolute atomic E-state index is 0.226. The van der Waals surface area contributed by atoms with Crippen LogP contribution in [0.15, 0.2) is 66.4 Å². The van der Waals surface area contributed by atoms with Crippen LogP contribution in [0.4, 0.5) is 9.18 Å². The summed E-state index contributed by atoms with van der Waals surface area (Å²) in [5.41, 5.74) is 2.06. The summed E-state index contributed by atoms with van der Waals surface area (Å²) in [5, 5.41) is 8.59. The SMILES string of the molecule is O=C1NC(=O)C(=Cc2cn(-c3ccccc3)nc2-c2ccc(F)cc2)C(=O)N1. The van der Waals surface area contributed by atoms with Crippen molar-refractivity contribution in [1.29, 1.82) is 0 Å². The molecule has 0 bridgehead atoms. The first-order valence-electron chi connectivity index (χ1n) is 8.30. The summed E-state index contributed by atoms with van der Waals surface area (Å²) in [4.78, 5) is 35.3. The number of benzene rings is 2. The van der Waals surface area contributed by atoms with Crippen molar-refractivity contribution >= 4 is 23.9 Å². The second kappa shape index (κ2) is 6.92. The molecule has 0 saturated carbocycles. The third kappa shape index (κ3) is 3.30. The minimum atomic E-state index is -0.870. The Morgan fingerprint density at radius 3 is 2.18 bits per heavy atom. The lowest BCUT2D eigenvalue weighted by atomic mass is 10.0. The number of rotatable bonds is 3. The zero-order chi connectivity index (χ0) is 19.7. The summed E-state index contributed by atoms with van der Waals surface area (Å²) in [5.74, 6) is -1.99. The maximum absolute atomic E-state index is 13.3. The molecular formula is C20H13FN4O3. The minimum Gasteiger partial charge on any atom is -0.273 e. The van der Waals surface area contributed by atoms with E-state index in [9.17, 15) is 18.8 Å². The van der Waals surface area contributed by atoms with Gasteiger partial charge in [-0.15, -0.1) is 0 Å². The average Bonchev–Trinajstić information content (AvgIpc) is 3.10. The molecule has 0 radical (unpaired) electrons. The molecule has 1 aliphatic heterocycles. The Morgan fingerprint density at radius 2 is 1.54 bits per heavy atom. The van der Waals surface area contributed by atoms with Gasteiger partial charge in [0.1, 0.15) is 11.4 Å². The van der Waals surface area contributed by atoms with Crippen LogP contribution in [0.2, 0.25) is 0 Å². The second-order valence-electron chi connectivity index (χ2n) is 6.02. The Balaban J connectivity index is 1.85. The van der Waals surface area contributed by atoms with E-state index in [4.69, 9.17) is 0 Å². The number of carbonyl (C=O) groups is 3. The van der Waals surface area contributed by atoms with E-state index in [1.165, 1.54) is 18.2 Å². The Kier molecular flexibility index (Phi) is 4.29. The fourth-order valence-corrected chi connectivity index (χ4v) is 2.80. The monoisotopic (exact) mass is 376 g/mol. The van der Waals surface area contributed by atoms with Crippen LogP contribution in [0.5, 0.6) is 0 Å². The summed E-state index contributed by atoms with van der Waals surface area (Å²) < 4.78 is 14.9. The van der Waals surface area contributed by atoms with E-state index in [1.54, 1.807) is 23.0 Å². The van der Waals surface area contributed by atoms with Crippen molar-refractivity contribution in [3.8, 4) is 16.9 Å². The van der Waals surface area contributed by atoms with Gasteiger partial charge in [-0.25, -0.2) is 13.9 Å². The highest BCUT2D eigenvalue weighted by molar-refractivity contribution is 6.31. The lowest BCUT2D eigenvalue weighted by molar-refractivity contribution is -0.123. The number of amides is 4. The Labute approximate surface area is 158 Å². The molecule has 138 valence electrons. The Morgan fingerprint density at radius 1 is 0.893 bits per heavy atom. The van der Waals surface area contributed by atoms with Crippen LogP contribution < -0.4 is 10.6 Å². The van der Waals surface area contributed by atoms with Crippen molar-refractivity contribution in [3.05, 3.63) is 77.7 Å². The fourth-order valence-electron chi connectivity index (χ4n) is 2.80. The van der Waals surface area contributed by atoms with Gasteiger partial charge in [-0.05, 0) is 42.5 Å². The van der Waals surface area contributed by atoms with Gasteiger partial charge in [-0.1, -0.05) is 18.2 Å². The highest BCUT2D eigenvalue weighted by Gasteiger charge is 2.28. The van der Waals surface area contributed by atoms with Crippen molar-refractivity contribution in [1.82, 2.24) is 20.4 Å². The molecule has 1 saturated heterocycles. The number of nitrogens with one attached hydrogen (secondary N) is 2. The van der Waals surface area contributed by atoms with E-state index >= 15 is 0 Å². The van der Waals surface area contributed by atoms with E-state index in [0.29, 0.717) is 16.8 Å². The van der Waals surface area contributed by atoms with Crippen LogP contribution in [-0.4, -0.2) is 27.6 Å². The number of hydrogen-bond acceptors (Lipinski definition) is 4. The number of imide groups is 2. The quantitative estimate of drug-likeness (QED) is 0.542. The van der Waals surface area contributed by atoms with Gasteiger partial charge < -0.3 is 0 Å². The summed E-state index contributed by atoms with van der Waals surface area (Å²) in [6.45, 7) is 0. The predicted molar refractivity (Wildman–Crippen MR) is 98.6 cm³/mol. The fraction of sp³-hybridized carbons (Fsp3) is 0. The smallest absolute Gasteiger partial charge is 0.273 e. The Bertz CT molecular complexity index is 1100. The molecule has 1 aromatic heterocycles. The maximum Gasteiger partial charge on any atom is 0.328 e. The first-order chi connectivity index (χ1) is 13.5. The van der Waals surface area contributed by atoms with Crippen LogP contribution in [0.1, 0.15) is 5.56 Å². The van der Waals surface area contributed by atoms with Crippen LogP contribution in [0.25, 0.3) is 23.0 Å². The van der Waals surface area contributed by atoms with Gasteiger partial charge in [0.2, 0.25) is 0 Å². The van der Waals surface area contributed by atoms with Crippen molar-refractivity contribution in [2.45, 2.75) is 0 Å². The topological polar surface area (TPSA) is 93.1 Å². The maximum atomic E-state index is 13.3. The highest BCUT2D eigenvalue weighted by atomic mass is 19.1. The summed E-state index contributed by atoms with van der Waals surface area (Å²) >= 11 is 0. The number of nitrogens with zero attached hydrogens (tertiary/aromatic N) is 2. The zero-order valence-electron chi connectivity index (χ0n) is 14.3. The number of halogens is 1. The molecule has 1 fully saturated rings. The van der Waals surface area contributed by atoms with E-state index in [2.05, 4.69) is 5.10 Å². The van der Waals surface area contributed by atoms with E-state index < -0.39 is 23.7 Å². The molecule has 0 unspecified atom stereocenters. The molecule has 3 aromatic rings. The average molecular weight is 376 g/mol. The van der Waals surface area contributed by atoms with Gasteiger partial charge in [0.15, 0.2) is 0 Å². The summed E-state index contributed by atoms with van der Waals surface area (Å²) in [7, 11) is 0. The molecule has 2 heterocycles. The molecular weight excluding hydrogens is 363 g/mol. The molecule has 2 N–H and O–H groups in total. The van der Waals surface area contributed by atoms with Crippen molar-refractivity contribution in [3.63, 3.8) is 0 Å². The zero-order valence-corrected chi connectivity index (χ0v) is 14.3. The van der Waals surface area contributed by atoms with Crippen molar-refractivity contribution < 1.29 is 18.8 Å². The van der Waals surface area contributed by atoms with Gasteiger partial charge in [-0.2, -0.15) is 5.10 Å². The second-order valence-corrected chi connectivity index (χ2v) is 6.02. The van der Waals surface area contributed by atoms with Crippen molar-refractivity contribution in [2.24, 2.45) is 0 Å². The number of aromatic nitrogens is 2. The first kappa shape index (κ1) is 17.3. The molecule has 28 heavy (non-hydrogen) atoms. The summed E-state index contributed by atoms with van der Waals surface area (Å²) in [6, 6.07) is 14.1. The number of carbonyl (C=O) groups excluding carboxylic acids is 3. The van der Waals surface area contributed by atoms with Crippen LogP contribution in [0.3, 0.4) is 0 Å². The van der Waals surface area contributed by atoms with E-state index in [1.807, 2.05) is 41.0 Å². The van der Waals surface area contributed by atoms with Crippen LogP contribution in [0, 0.1) is 5.82 Å². The van der Waals surface area contributed by atoms with E-state index in [0.717, 1.165) is 5.69 Å². The standard InChI is InChI=1S/C20H13FN4O3/c21-14-8-6-12(7-9-14)17-13(10-16-18(26)22-20(28)23-19(16)27)11-25(24-17)15-4-2-1-3-5-15/h1-11H,(H2,22,23,26,27,28). The number of urea groups is 1. The summed E-state index contributed by atoms with van der Waals surface area (Å²) in [6.07, 6.45) is 3.00. The van der Waals surface area contributed by atoms with Crippen molar-refractivity contribution in [2.75, 3.05) is 0 Å². The molecule has 8 heteroatoms. The molecule has 1 aliphatic rings.